The molecule has 0 amide bonds. The topological polar surface area (TPSA) is 63.3 Å². The molecule has 0 spiro atoms. The third kappa shape index (κ3) is 1.45. The first kappa shape index (κ1) is 11.1. The summed E-state index contributed by atoms with van der Waals surface area (Å²) in [7, 11) is 0. The number of hydrogen-bond acceptors (Lipinski definition) is 4. The van der Waals surface area contributed by atoms with Crippen LogP contribution in [0.4, 0.5) is 0 Å². The number of aliphatic hydroxyl groups is 1. The van der Waals surface area contributed by atoms with Crippen LogP contribution in [0, 0.1) is 0 Å². The molecule has 0 unspecified atom stereocenters. The average Bonchev–Trinajstić information content (AvgIpc) is 2.51. The molecular weight excluding hydrogens is 278 g/mol. The number of aliphatic hydroxyl groups excluding tert-OH is 1. The van der Waals surface area contributed by atoms with Crippen molar-refractivity contribution < 1.29 is 9.90 Å². The molecule has 3 nitrogen and oxygen atoms in total. The fraction of sp³-hybridized carbons (Fsp3) is 0.286. The van der Waals surface area contributed by atoms with Gasteiger partial charge in [0.15, 0.2) is 5.78 Å². The first-order valence-corrected chi connectivity index (χ1v) is 5.05. The number of nitrogens with two attached hydrogens (primary N) is 1. The van der Waals surface area contributed by atoms with E-state index in [0.717, 1.165) is 9.35 Å². The lowest BCUT2D eigenvalue weighted by atomic mass is 10.2. The summed E-state index contributed by atoms with van der Waals surface area (Å²) < 4.78 is 0.843. The van der Waals surface area contributed by atoms with E-state index in [-0.39, 0.29) is 18.2 Å². The fourth-order valence-electron chi connectivity index (χ4n) is 1.33. The highest BCUT2D eigenvalue weighted by molar-refractivity contribution is 9.11. The van der Waals surface area contributed by atoms with Crippen LogP contribution >= 0.6 is 39.7 Å². The van der Waals surface area contributed by atoms with Crippen molar-refractivity contribution in [3.63, 3.8) is 0 Å². The Bertz CT molecular complexity index is 354. The normalized spacial score (nSPS) is 25.6. The zero-order valence-corrected chi connectivity index (χ0v) is 9.58. The molecule has 0 bridgehead atoms. The van der Waals surface area contributed by atoms with Gasteiger partial charge in [0.1, 0.15) is 6.10 Å². The number of Topliss-reactive ketones (excluding diaryl/α,β-unsaturated/α-hetero) is 1. The highest BCUT2D eigenvalue weighted by Crippen LogP contribution is 2.39. The number of carbonyl (C=O) groups is 1. The first-order chi connectivity index (χ1) is 5.63. The maximum atomic E-state index is 11.3. The van der Waals surface area contributed by atoms with Gasteiger partial charge in [-0.2, -0.15) is 0 Å². The minimum atomic E-state index is -1.06. The van der Waals surface area contributed by atoms with Crippen molar-refractivity contribution >= 4 is 45.5 Å². The summed E-state index contributed by atoms with van der Waals surface area (Å²) >= 11 is 4.71. The molecule has 13 heavy (non-hydrogen) atoms. The number of hydrogen-bond donors (Lipinski definition) is 2. The molecule has 3 N–H and O–H groups in total. The molecule has 1 aromatic rings. The van der Waals surface area contributed by atoms with Crippen LogP contribution in [-0.4, -0.2) is 17.0 Å². The van der Waals surface area contributed by atoms with E-state index in [1.807, 2.05) is 0 Å². The Morgan fingerprint density at radius 1 is 1.62 bits per heavy atom. The smallest absolute Gasteiger partial charge is 0.194 e. The van der Waals surface area contributed by atoms with Crippen molar-refractivity contribution in [3.8, 4) is 0 Å². The van der Waals surface area contributed by atoms with Gasteiger partial charge in [0.05, 0.1) is 9.83 Å². The lowest BCUT2D eigenvalue weighted by Gasteiger charge is -2.06. The van der Waals surface area contributed by atoms with Crippen LogP contribution < -0.4 is 5.73 Å². The second-order valence-corrected chi connectivity index (χ2v) is 4.87. The second-order valence-electron chi connectivity index (χ2n) is 2.67. The quantitative estimate of drug-likeness (QED) is 0.759. The molecule has 0 fully saturated rings. The Balaban J connectivity index is 0.000000845. The van der Waals surface area contributed by atoms with Gasteiger partial charge in [0.2, 0.25) is 0 Å². The van der Waals surface area contributed by atoms with Gasteiger partial charge < -0.3 is 10.8 Å². The van der Waals surface area contributed by atoms with Crippen LogP contribution in [0.1, 0.15) is 22.0 Å². The Hall–Kier alpha value is 0.0600. The molecule has 1 aliphatic rings. The van der Waals surface area contributed by atoms with Gasteiger partial charge in [0, 0.05) is 16.5 Å². The number of ketones is 1. The molecular formula is C7H7BrClNO2S. The summed E-state index contributed by atoms with van der Waals surface area (Å²) in [5.74, 6) is -0.264. The molecule has 6 heteroatoms. The molecule has 0 aliphatic heterocycles. The third-order valence-electron chi connectivity index (χ3n) is 1.99. The van der Waals surface area contributed by atoms with E-state index in [0.29, 0.717) is 5.56 Å². The molecule has 1 heterocycles. The summed E-state index contributed by atoms with van der Waals surface area (Å²) in [6.45, 7) is 0. The SMILES string of the molecule is Cl.N[C@@H]1c2c(csc2Br)C(=O)[C@@H]1O. The first-order valence-electron chi connectivity index (χ1n) is 3.37. The van der Waals surface area contributed by atoms with Gasteiger partial charge in [-0.25, -0.2) is 0 Å². The van der Waals surface area contributed by atoms with E-state index in [2.05, 4.69) is 15.9 Å². The Morgan fingerprint density at radius 3 is 2.77 bits per heavy atom. The Morgan fingerprint density at radius 2 is 2.23 bits per heavy atom. The fourth-order valence-corrected chi connectivity index (χ4v) is 2.92. The van der Waals surface area contributed by atoms with Gasteiger partial charge >= 0.3 is 0 Å². The molecule has 2 rings (SSSR count). The zero-order valence-electron chi connectivity index (χ0n) is 6.36. The van der Waals surface area contributed by atoms with Crippen molar-refractivity contribution in [1.29, 1.82) is 0 Å². The molecule has 0 saturated heterocycles. The van der Waals surface area contributed by atoms with Crippen molar-refractivity contribution in [3.05, 3.63) is 20.3 Å². The summed E-state index contributed by atoms with van der Waals surface area (Å²) in [5.41, 5.74) is 6.94. The number of fused-ring (bicyclic) bond motifs is 1. The van der Waals surface area contributed by atoms with E-state index >= 15 is 0 Å². The number of rotatable bonds is 0. The molecule has 1 aromatic heterocycles. The van der Waals surface area contributed by atoms with Crippen molar-refractivity contribution in [1.82, 2.24) is 0 Å². The van der Waals surface area contributed by atoms with Gasteiger partial charge in [-0.1, -0.05) is 0 Å². The lowest BCUT2D eigenvalue weighted by molar-refractivity contribution is 0.0736. The van der Waals surface area contributed by atoms with Gasteiger partial charge in [-0.15, -0.1) is 23.7 Å². The minimum Gasteiger partial charge on any atom is -0.383 e. The molecule has 0 radical (unpaired) electrons. The Kier molecular flexibility index (Phi) is 3.14. The van der Waals surface area contributed by atoms with Crippen molar-refractivity contribution in [2.75, 3.05) is 0 Å². The average molecular weight is 285 g/mol. The maximum Gasteiger partial charge on any atom is 0.194 e. The lowest BCUT2D eigenvalue weighted by Crippen LogP contribution is -2.25. The highest BCUT2D eigenvalue weighted by atomic mass is 79.9. The van der Waals surface area contributed by atoms with Crippen LogP contribution in [0.25, 0.3) is 0 Å². The van der Waals surface area contributed by atoms with Gasteiger partial charge in [0.25, 0.3) is 0 Å². The van der Waals surface area contributed by atoms with Crippen LogP contribution in [-0.2, 0) is 0 Å². The standard InChI is InChI=1S/C7H6BrNO2S.ClH/c8-7-3-2(1-12-7)5(10)6(11)4(3)9;/h1,4,6,11H,9H2;1H/t4-,6-;/m1./s1. The van der Waals surface area contributed by atoms with Crippen LogP contribution in [0.15, 0.2) is 9.17 Å². The third-order valence-corrected chi connectivity index (χ3v) is 3.76. The van der Waals surface area contributed by atoms with Crippen LogP contribution in [0.3, 0.4) is 0 Å². The second kappa shape index (κ2) is 3.67. The minimum absolute atomic E-state index is 0. The van der Waals surface area contributed by atoms with Crippen LogP contribution in [0.2, 0.25) is 0 Å². The Labute approximate surface area is 93.5 Å². The van der Waals surface area contributed by atoms with Crippen molar-refractivity contribution in [2.45, 2.75) is 12.1 Å². The number of halogens is 2. The summed E-state index contributed by atoms with van der Waals surface area (Å²) in [6.07, 6.45) is -1.06. The zero-order chi connectivity index (χ0) is 8.88. The predicted molar refractivity (Wildman–Crippen MR) is 56.5 cm³/mol. The van der Waals surface area contributed by atoms with E-state index < -0.39 is 12.1 Å². The van der Waals surface area contributed by atoms with Crippen molar-refractivity contribution in [2.24, 2.45) is 5.73 Å². The summed E-state index contributed by atoms with van der Waals surface area (Å²) in [4.78, 5) is 11.3. The number of carbonyl (C=O) groups excluding carboxylic acids is 1. The molecule has 72 valence electrons. The molecule has 2 atom stereocenters. The predicted octanol–water partition coefficient (Wildman–Crippen LogP) is 1.49. The van der Waals surface area contributed by atoms with E-state index in [1.54, 1.807) is 5.38 Å². The van der Waals surface area contributed by atoms with Crippen LogP contribution in [0.5, 0.6) is 0 Å². The molecule has 1 aliphatic carbocycles. The summed E-state index contributed by atoms with van der Waals surface area (Å²) in [6, 6.07) is -0.562. The van der Waals surface area contributed by atoms with Gasteiger partial charge in [-0.05, 0) is 15.9 Å². The largest absolute Gasteiger partial charge is 0.383 e. The van der Waals surface area contributed by atoms with E-state index in [9.17, 15) is 9.90 Å². The van der Waals surface area contributed by atoms with E-state index in [4.69, 9.17) is 5.73 Å². The van der Waals surface area contributed by atoms with Gasteiger partial charge in [-0.3, -0.25) is 4.79 Å². The molecule has 0 aromatic carbocycles. The number of thiophene rings is 1. The summed E-state index contributed by atoms with van der Waals surface area (Å²) in [5, 5.41) is 11.0. The maximum absolute atomic E-state index is 11.3. The van der Waals surface area contributed by atoms with E-state index in [1.165, 1.54) is 11.3 Å². The highest BCUT2D eigenvalue weighted by Gasteiger charge is 2.38. The monoisotopic (exact) mass is 283 g/mol. The molecule has 0 saturated carbocycles.